The molecule has 0 spiro atoms. The molecule has 0 aromatic heterocycles. The minimum atomic E-state index is -1.82. The van der Waals surface area contributed by atoms with Crippen LogP contribution in [-0.2, 0) is 13.9 Å². The van der Waals surface area contributed by atoms with Gasteiger partial charge in [-0.15, -0.1) is 0 Å². The fourth-order valence-electron chi connectivity index (χ4n) is 2.51. The molecular formula is C15H30O4SSi. The molecule has 0 radical (unpaired) electrons. The van der Waals surface area contributed by atoms with Crippen LogP contribution in [0.1, 0.15) is 34.6 Å². The molecule has 2 aliphatic heterocycles. The molecule has 2 aliphatic rings. The largest absolute Gasteiger partial charge is 0.414 e. The number of rotatable bonds is 4. The van der Waals surface area contributed by atoms with E-state index < -0.39 is 20.2 Å². The molecule has 0 amide bonds. The highest BCUT2D eigenvalue weighted by Crippen LogP contribution is 2.43. The molecule has 0 aromatic rings. The first-order chi connectivity index (χ1) is 9.43. The van der Waals surface area contributed by atoms with Gasteiger partial charge in [0, 0.05) is 5.75 Å². The van der Waals surface area contributed by atoms with Gasteiger partial charge in [-0.2, -0.15) is 11.8 Å². The third kappa shape index (κ3) is 3.84. The maximum Gasteiger partial charge on any atom is 0.192 e. The number of aliphatic hydroxyl groups is 1. The smallest absolute Gasteiger partial charge is 0.192 e. The monoisotopic (exact) mass is 334 g/mol. The second-order valence-electron chi connectivity index (χ2n) is 8.08. The van der Waals surface area contributed by atoms with Gasteiger partial charge in [0.1, 0.15) is 6.10 Å². The van der Waals surface area contributed by atoms with Crippen molar-refractivity contribution in [3.8, 4) is 0 Å². The molecule has 2 rings (SSSR count). The topological polar surface area (TPSA) is 47.9 Å². The van der Waals surface area contributed by atoms with Gasteiger partial charge < -0.3 is 19.0 Å². The van der Waals surface area contributed by atoms with Crippen molar-refractivity contribution in [3.63, 3.8) is 0 Å². The molecule has 2 heterocycles. The van der Waals surface area contributed by atoms with E-state index in [0.29, 0.717) is 6.61 Å². The van der Waals surface area contributed by atoms with Gasteiger partial charge in [-0.25, -0.2) is 0 Å². The molecule has 21 heavy (non-hydrogen) atoms. The SMILES string of the molecule is CC1(C)O[C@H]2[C@H]([C@@H](O)CO[Si](C)(C)C(C)(C)C)SC[C@H]2O1. The van der Waals surface area contributed by atoms with Crippen LogP contribution in [-0.4, -0.2) is 55.1 Å². The highest BCUT2D eigenvalue weighted by molar-refractivity contribution is 8.00. The molecule has 0 bridgehead atoms. The highest BCUT2D eigenvalue weighted by Gasteiger charge is 2.52. The Bertz CT molecular complexity index is 380. The molecule has 4 nitrogen and oxygen atoms in total. The summed E-state index contributed by atoms with van der Waals surface area (Å²) in [6, 6.07) is 0. The summed E-state index contributed by atoms with van der Waals surface area (Å²) < 4.78 is 18.0. The van der Waals surface area contributed by atoms with E-state index in [1.165, 1.54) is 0 Å². The second kappa shape index (κ2) is 5.80. The van der Waals surface area contributed by atoms with Gasteiger partial charge in [-0.3, -0.25) is 0 Å². The first-order valence-electron chi connectivity index (χ1n) is 7.72. The van der Waals surface area contributed by atoms with Crippen molar-refractivity contribution < 1.29 is 19.0 Å². The van der Waals surface area contributed by atoms with E-state index in [2.05, 4.69) is 33.9 Å². The van der Waals surface area contributed by atoms with Crippen molar-refractivity contribution in [1.82, 2.24) is 0 Å². The lowest BCUT2D eigenvalue weighted by atomic mass is 10.1. The van der Waals surface area contributed by atoms with E-state index in [9.17, 15) is 5.11 Å². The zero-order chi connectivity index (χ0) is 16.1. The van der Waals surface area contributed by atoms with Crippen LogP contribution in [0.15, 0.2) is 0 Å². The van der Waals surface area contributed by atoms with Crippen LogP contribution < -0.4 is 0 Å². The summed E-state index contributed by atoms with van der Waals surface area (Å²) in [6.07, 6.45) is -0.433. The van der Waals surface area contributed by atoms with Crippen LogP contribution in [0, 0.1) is 0 Å². The number of hydrogen-bond acceptors (Lipinski definition) is 5. The quantitative estimate of drug-likeness (QED) is 0.801. The first kappa shape index (κ1) is 17.8. The van der Waals surface area contributed by atoms with Crippen LogP contribution in [0.3, 0.4) is 0 Å². The summed E-state index contributed by atoms with van der Waals surface area (Å²) in [6.45, 7) is 15.3. The minimum Gasteiger partial charge on any atom is -0.414 e. The van der Waals surface area contributed by atoms with E-state index in [0.717, 1.165) is 5.75 Å². The maximum atomic E-state index is 10.5. The summed E-state index contributed by atoms with van der Waals surface area (Å²) in [5, 5.41) is 10.7. The molecule has 2 fully saturated rings. The molecule has 6 heteroatoms. The van der Waals surface area contributed by atoms with Gasteiger partial charge in [0.2, 0.25) is 0 Å². The van der Waals surface area contributed by atoms with Crippen molar-refractivity contribution in [1.29, 1.82) is 0 Å². The predicted octanol–water partition coefficient (Wildman–Crippen LogP) is 3.00. The molecule has 2 saturated heterocycles. The fraction of sp³-hybridized carbons (Fsp3) is 1.00. The average molecular weight is 335 g/mol. The predicted molar refractivity (Wildman–Crippen MR) is 89.2 cm³/mol. The Kier molecular flexibility index (Phi) is 4.90. The molecule has 0 unspecified atom stereocenters. The molecule has 124 valence electrons. The lowest BCUT2D eigenvalue weighted by Crippen LogP contribution is -2.45. The lowest BCUT2D eigenvalue weighted by molar-refractivity contribution is -0.147. The Balaban J connectivity index is 1.91. The summed E-state index contributed by atoms with van der Waals surface area (Å²) in [7, 11) is -1.82. The van der Waals surface area contributed by atoms with Crippen molar-refractivity contribution in [2.75, 3.05) is 12.4 Å². The number of aliphatic hydroxyl groups excluding tert-OH is 1. The number of hydrogen-bond donors (Lipinski definition) is 1. The Morgan fingerprint density at radius 2 is 1.95 bits per heavy atom. The van der Waals surface area contributed by atoms with Crippen LogP contribution in [0.4, 0.5) is 0 Å². The Morgan fingerprint density at radius 1 is 1.33 bits per heavy atom. The van der Waals surface area contributed by atoms with E-state index in [4.69, 9.17) is 13.9 Å². The number of fused-ring (bicyclic) bond motifs is 1. The van der Waals surface area contributed by atoms with Crippen molar-refractivity contribution in [2.24, 2.45) is 0 Å². The highest BCUT2D eigenvalue weighted by atomic mass is 32.2. The molecule has 1 N–H and O–H groups in total. The Hall–Kier alpha value is 0.407. The van der Waals surface area contributed by atoms with Gasteiger partial charge in [-0.1, -0.05) is 20.8 Å². The third-order valence-corrected chi connectivity index (χ3v) is 10.8. The molecular weight excluding hydrogens is 304 g/mol. The summed E-state index contributed by atoms with van der Waals surface area (Å²) in [5.74, 6) is 0.352. The van der Waals surface area contributed by atoms with E-state index >= 15 is 0 Å². The van der Waals surface area contributed by atoms with Gasteiger partial charge in [0.25, 0.3) is 0 Å². The van der Waals surface area contributed by atoms with Crippen molar-refractivity contribution in [2.45, 2.75) is 82.1 Å². The van der Waals surface area contributed by atoms with Gasteiger partial charge in [-0.05, 0) is 32.0 Å². The van der Waals surface area contributed by atoms with Crippen LogP contribution in [0.2, 0.25) is 18.1 Å². The number of ether oxygens (including phenoxy) is 2. The molecule has 0 saturated carbocycles. The minimum absolute atomic E-state index is 0.0250. The van der Waals surface area contributed by atoms with Gasteiger partial charge in [0.05, 0.1) is 24.1 Å². The summed E-state index contributed by atoms with van der Waals surface area (Å²) >= 11 is 1.74. The summed E-state index contributed by atoms with van der Waals surface area (Å²) in [4.78, 5) is 0. The first-order valence-corrected chi connectivity index (χ1v) is 11.7. The Labute approximate surface area is 134 Å². The molecule has 4 atom stereocenters. The normalized spacial score (nSPS) is 34.0. The average Bonchev–Trinajstić information content (AvgIpc) is 2.79. The summed E-state index contributed by atoms with van der Waals surface area (Å²) in [5.41, 5.74) is 0. The van der Waals surface area contributed by atoms with E-state index in [1.807, 2.05) is 13.8 Å². The zero-order valence-corrected chi connectivity index (χ0v) is 16.1. The second-order valence-corrected chi connectivity index (χ2v) is 14.1. The maximum absolute atomic E-state index is 10.5. The standard InChI is InChI=1S/C15H30O4SSi/c1-14(2,3)21(6,7)17-8-10(16)13-12-11(9-20-13)18-15(4,5)19-12/h10-13,16H,8-9H2,1-7H3/t10-,11+,12+,13-/m0/s1. The molecule has 0 aromatic carbocycles. The van der Waals surface area contributed by atoms with Crippen LogP contribution >= 0.6 is 11.8 Å². The van der Waals surface area contributed by atoms with E-state index in [-0.39, 0.29) is 22.5 Å². The van der Waals surface area contributed by atoms with Crippen molar-refractivity contribution >= 4 is 20.1 Å². The fourth-order valence-corrected chi connectivity index (χ4v) is 4.92. The van der Waals surface area contributed by atoms with Crippen LogP contribution in [0.5, 0.6) is 0 Å². The lowest BCUT2D eigenvalue weighted by Gasteiger charge is -2.37. The van der Waals surface area contributed by atoms with Crippen molar-refractivity contribution in [3.05, 3.63) is 0 Å². The Morgan fingerprint density at radius 3 is 2.52 bits per heavy atom. The number of thioether (sulfide) groups is 1. The van der Waals surface area contributed by atoms with E-state index in [1.54, 1.807) is 11.8 Å². The van der Waals surface area contributed by atoms with Gasteiger partial charge in [0.15, 0.2) is 14.1 Å². The van der Waals surface area contributed by atoms with Gasteiger partial charge >= 0.3 is 0 Å². The third-order valence-electron chi connectivity index (χ3n) is 4.80. The zero-order valence-electron chi connectivity index (χ0n) is 14.3. The van der Waals surface area contributed by atoms with Crippen LogP contribution in [0.25, 0.3) is 0 Å². The molecule has 0 aliphatic carbocycles.